The van der Waals surface area contributed by atoms with E-state index in [9.17, 15) is 0 Å². The van der Waals surface area contributed by atoms with Crippen molar-refractivity contribution in [2.24, 2.45) is 0 Å². The van der Waals surface area contributed by atoms with Crippen LogP contribution >= 0.6 is 0 Å². The minimum atomic E-state index is 0.794. The quantitative estimate of drug-likeness (QED) is 0.795. The molecule has 0 aliphatic carbocycles. The van der Waals surface area contributed by atoms with Gasteiger partial charge >= 0.3 is 0 Å². The molecule has 1 N–H and O–H groups in total. The monoisotopic (exact) mass is 281 g/mol. The molecule has 108 valence electrons. The van der Waals surface area contributed by atoms with Crippen LogP contribution in [0.5, 0.6) is 0 Å². The number of hydrogen-bond acceptors (Lipinski definition) is 4. The first-order valence-electron chi connectivity index (χ1n) is 7.29. The summed E-state index contributed by atoms with van der Waals surface area (Å²) in [5.74, 6) is 1.66. The van der Waals surface area contributed by atoms with E-state index in [1.165, 1.54) is 0 Å². The zero-order valence-electron chi connectivity index (χ0n) is 12.6. The number of anilines is 2. The normalized spacial score (nSPS) is 11.0. The Morgan fingerprint density at radius 3 is 2.52 bits per heavy atom. The molecule has 2 aromatic heterocycles. The Kier molecular flexibility index (Phi) is 3.56. The molecule has 5 heteroatoms. The maximum Gasteiger partial charge on any atom is 0.160 e. The number of nitrogens with one attached hydrogen (secondary N) is 1. The van der Waals surface area contributed by atoms with Crippen molar-refractivity contribution in [3.8, 4) is 0 Å². The summed E-state index contributed by atoms with van der Waals surface area (Å²) in [4.78, 5) is 9.28. The van der Waals surface area contributed by atoms with Crippen LogP contribution in [0.3, 0.4) is 0 Å². The Morgan fingerprint density at radius 2 is 1.86 bits per heavy atom. The third-order valence-electron chi connectivity index (χ3n) is 3.45. The molecule has 0 spiro atoms. The van der Waals surface area contributed by atoms with Crippen molar-refractivity contribution >= 4 is 22.5 Å². The molecular formula is C16H19N5. The van der Waals surface area contributed by atoms with Crippen molar-refractivity contribution in [3.05, 3.63) is 41.9 Å². The Bertz CT molecular complexity index is 761. The van der Waals surface area contributed by atoms with E-state index in [0.29, 0.717) is 0 Å². The fourth-order valence-corrected chi connectivity index (χ4v) is 2.41. The van der Waals surface area contributed by atoms with Crippen molar-refractivity contribution in [1.82, 2.24) is 19.7 Å². The third kappa shape index (κ3) is 2.46. The van der Waals surface area contributed by atoms with Gasteiger partial charge in [-0.15, -0.1) is 0 Å². The van der Waals surface area contributed by atoms with Gasteiger partial charge in [-0.25, -0.2) is 9.97 Å². The van der Waals surface area contributed by atoms with Gasteiger partial charge in [0, 0.05) is 18.7 Å². The van der Waals surface area contributed by atoms with Crippen molar-refractivity contribution in [3.63, 3.8) is 0 Å². The molecule has 0 saturated carbocycles. The summed E-state index contributed by atoms with van der Waals surface area (Å²) in [5.41, 5.74) is 3.86. The van der Waals surface area contributed by atoms with Crippen LogP contribution in [0.25, 0.3) is 11.0 Å². The number of nitrogens with zero attached hydrogens (tertiary/aromatic N) is 4. The van der Waals surface area contributed by atoms with Crippen LogP contribution in [0.1, 0.15) is 25.4 Å². The molecule has 5 nitrogen and oxygen atoms in total. The number of aromatic nitrogens is 4. The van der Waals surface area contributed by atoms with Crippen LogP contribution in [0.15, 0.2) is 30.3 Å². The highest BCUT2D eigenvalue weighted by atomic mass is 15.3. The molecule has 3 aromatic rings. The molecule has 0 aliphatic heterocycles. The Balaban J connectivity index is 2.19. The van der Waals surface area contributed by atoms with Gasteiger partial charge in [0.2, 0.25) is 0 Å². The standard InChI is InChI=1S/C16H19N5/c1-4-13-18-14-11(3)20-21(5-2)15(14)16(19-13)17-12-9-7-6-8-10-12/h6-10H,4-5H2,1-3H3,(H,17,18,19). The molecule has 0 saturated heterocycles. The Morgan fingerprint density at radius 1 is 1.10 bits per heavy atom. The van der Waals surface area contributed by atoms with E-state index < -0.39 is 0 Å². The van der Waals surface area contributed by atoms with E-state index in [4.69, 9.17) is 0 Å². The summed E-state index contributed by atoms with van der Waals surface area (Å²) in [6.45, 7) is 6.93. The first-order chi connectivity index (χ1) is 10.2. The predicted molar refractivity (Wildman–Crippen MR) is 84.8 cm³/mol. The minimum absolute atomic E-state index is 0.794. The average molecular weight is 281 g/mol. The first-order valence-corrected chi connectivity index (χ1v) is 7.29. The highest BCUT2D eigenvalue weighted by molar-refractivity contribution is 5.89. The topological polar surface area (TPSA) is 55.6 Å². The summed E-state index contributed by atoms with van der Waals surface area (Å²) >= 11 is 0. The number of benzene rings is 1. The molecule has 3 rings (SSSR count). The van der Waals surface area contributed by atoms with Crippen LogP contribution in [0.2, 0.25) is 0 Å². The largest absolute Gasteiger partial charge is 0.338 e. The van der Waals surface area contributed by atoms with Gasteiger partial charge in [0.25, 0.3) is 0 Å². The fraction of sp³-hybridized carbons (Fsp3) is 0.312. The zero-order chi connectivity index (χ0) is 14.8. The maximum absolute atomic E-state index is 4.65. The summed E-state index contributed by atoms with van der Waals surface area (Å²) in [6, 6.07) is 10.1. The molecule has 21 heavy (non-hydrogen) atoms. The smallest absolute Gasteiger partial charge is 0.160 e. The number of para-hydroxylation sites is 1. The van der Waals surface area contributed by atoms with Gasteiger partial charge in [0.1, 0.15) is 16.9 Å². The maximum atomic E-state index is 4.65. The van der Waals surface area contributed by atoms with Gasteiger partial charge in [0.05, 0.1) is 5.69 Å². The van der Waals surface area contributed by atoms with Crippen LogP contribution in [-0.2, 0) is 13.0 Å². The summed E-state index contributed by atoms with van der Waals surface area (Å²) < 4.78 is 1.95. The molecule has 0 fully saturated rings. The lowest BCUT2D eigenvalue weighted by Crippen LogP contribution is -2.04. The van der Waals surface area contributed by atoms with Gasteiger partial charge in [-0.1, -0.05) is 25.1 Å². The minimum Gasteiger partial charge on any atom is -0.338 e. The number of aryl methyl sites for hydroxylation is 3. The second kappa shape index (κ2) is 5.52. The summed E-state index contributed by atoms with van der Waals surface area (Å²) in [6.07, 6.45) is 0.802. The van der Waals surface area contributed by atoms with Crippen molar-refractivity contribution < 1.29 is 0 Å². The number of rotatable bonds is 4. The second-order valence-electron chi connectivity index (χ2n) is 4.93. The van der Waals surface area contributed by atoms with Crippen molar-refractivity contribution in [2.75, 3.05) is 5.32 Å². The molecular weight excluding hydrogens is 262 g/mol. The van der Waals surface area contributed by atoms with E-state index in [1.54, 1.807) is 0 Å². The van der Waals surface area contributed by atoms with Crippen LogP contribution < -0.4 is 5.32 Å². The molecule has 0 radical (unpaired) electrons. The van der Waals surface area contributed by atoms with E-state index in [1.807, 2.05) is 41.9 Å². The predicted octanol–water partition coefficient (Wildman–Crippen LogP) is 3.46. The molecule has 2 heterocycles. The fourth-order valence-electron chi connectivity index (χ4n) is 2.41. The SMILES string of the molecule is CCc1nc(Nc2ccccc2)c2c(n1)c(C)nn2CC. The molecule has 0 amide bonds. The Labute approximate surface area is 124 Å². The molecule has 0 unspecified atom stereocenters. The summed E-state index contributed by atoms with van der Waals surface area (Å²) in [7, 11) is 0. The van der Waals surface area contributed by atoms with Gasteiger partial charge in [-0.05, 0) is 26.0 Å². The van der Waals surface area contributed by atoms with Gasteiger partial charge in [-0.3, -0.25) is 4.68 Å². The van der Waals surface area contributed by atoms with E-state index in [0.717, 1.165) is 47.0 Å². The van der Waals surface area contributed by atoms with E-state index >= 15 is 0 Å². The lowest BCUT2D eigenvalue weighted by Gasteiger charge is -2.10. The van der Waals surface area contributed by atoms with Gasteiger partial charge in [0.15, 0.2) is 5.82 Å². The zero-order valence-corrected chi connectivity index (χ0v) is 12.6. The van der Waals surface area contributed by atoms with Gasteiger partial charge in [-0.2, -0.15) is 5.10 Å². The Hall–Kier alpha value is -2.43. The molecule has 0 bridgehead atoms. The third-order valence-corrected chi connectivity index (χ3v) is 3.45. The lowest BCUT2D eigenvalue weighted by atomic mass is 10.3. The number of fused-ring (bicyclic) bond motifs is 1. The molecule has 0 atom stereocenters. The van der Waals surface area contributed by atoms with Crippen LogP contribution in [0.4, 0.5) is 11.5 Å². The van der Waals surface area contributed by atoms with Crippen molar-refractivity contribution in [1.29, 1.82) is 0 Å². The highest BCUT2D eigenvalue weighted by Crippen LogP contribution is 2.26. The molecule has 1 aromatic carbocycles. The van der Waals surface area contributed by atoms with Crippen LogP contribution in [-0.4, -0.2) is 19.7 Å². The van der Waals surface area contributed by atoms with Crippen molar-refractivity contribution in [2.45, 2.75) is 33.7 Å². The lowest BCUT2D eigenvalue weighted by molar-refractivity contribution is 0.676. The second-order valence-corrected chi connectivity index (χ2v) is 4.93. The highest BCUT2D eigenvalue weighted by Gasteiger charge is 2.15. The first kappa shape index (κ1) is 13.5. The average Bonchev–Trinajstić information content (AvgIpc) is 2.85. The van der Waals surface area contributed by atoms with E-state index in [2.05, 4.69) is 34.2 Å². The molecule has 0 aliphatic rings. The van der Waals surface area contributed by atoms with Crippen LogP contribution in [0, 0.1) is 6.92 Å². The summed E-state index contributed by atoms with van der Waals surface area (Å²) in [5, 5.41) is 7.96. The van der Waals surface area contributed by atoms with Gasteiger partial charge < -0.3 is 5.32 Å². The van der Waals surface area contributed by atoms with E-state index in [-0.39, 0.29) is 0 Å². The number of hydrogen-bond donors (Lipinski definition) is 1.